The predicted molar refractivity (Wildman–Crippen MR) is 58.7 cm³/mol. The first kappa shape index (κ1) is 9.56. The van der Waals surface area contributed by atoms with Crippen LogP contribution in [0.25, 0.3) is 11.0 Å². The second kappa shape index (κ2) is 3.64. The SMILES string of the molecule is CC(CN)c1cc2cc(Cl)ccc2o1. The molecule has 1 aromatic heterocycles. The maximum Gasteiger partial charge on any atom is 0.134 e. The molecule has 0 radical (unpaired) electrons. The zero-order valence-corrected chi connectivity index (χ0v) is 8.71. The molecular weight excluding hydrogens is 198 g/mol. The molecule has 2 N–H and O–H groups in total. The molecule has 0 aliphatic heterocycles. The van der Waals surface area contributed by atoms with Crippen molar-refractivity contribution in [1.29, 1.82) is 0 Å². The topological polar surface area (TPSA) is 39.2 Å². The summed E-state index contributed by atoms with van der Waals surface area (Å²) in [6, 6.07) is 7.60. The number of hydrogen-bond acceptors (Lipinski definition) is 2. The summed E-state index contributed by atoms with van der Waals surface area (Å²) in [4.78, 5) is 0. The molecule has 1 aromatic carbocycles. The third kappa shape index (κ3) is 1.63. The molecule has 1 unspecified atom stereocenters. The molecule has 3 heteroatoms. The molecule has 1 atom stereocenters. The van der Waals surface area contributed by atoms with E-state index in [9.17, 15) is 0 Å². The van der Waals surface area contributed by atoms with Gasteiger partial charge in [0.1, 0.15) is 11.3 Å². The number of nitrogens with two attached hydrogens (primary N) is 1. The fourth-order valence-electron chi connectivity index (χ4n) is 1.39. The molecule has 2 rings (SSSR count). The van der Waals surface area contributed by atoms with Crippen molar-refractivity contribution in [2.24, 2.45) is 5.73 Å². The highest BCUT2D eigenvalue weighted by Crippen LogP contribution is 2.26. The molecular formula is C11H12ClNO. The smallest absolute Gasteiger partial charge is 0.134 e. The van der Waals surface area contributed by atoms with Crippen LogP contribution in [-0.4, -0.2) is 6.54 Å². The number of rotatable bonds is 2. The quantitative estimate of drug-likeness (QED) is 0.826. The Hall–Kier alpha value is -0.990. The van der Waals surface area contributed by atoms with E-state index >= 15 is 0 Å². The van der Waals surface area contributed by atoms with Gasteiger partial charge in [-0.1, -0.05) is 18.5 Å². The van der Waals surface area contributed by atoms with E-state index in [0.717, 1.165) is 21.8 Å². The third-order valence-electron chi connectivity index (χ3n) is 2.34. The molecule has 0 aliphatic carbocycles. The van der Waals surface area contributed by atoms with Crippen molar-refractivity contribution in [2.75, 3.05) is 6.54 Å². The average Bonchev–Trinajstić information content (AvgIpc) is 2.59. The lowest BCUT2D eigenvalue weighted by Gasteiger charge is -2.01. The van der Waals surface area contributed by atoms with E-state index in [-0.39, 0.29) is 5.92 Å². The monoisotopic (exact) mass is 209 g/mol. The van der Waals surface area contributed by atoms with E-state index in [2.05, 4.69) is 0 Å². The van der Waals surface area contributed by atoms with Crippen molar-refractivity contribution >= 4 is 22.6 Å². The van der Waals surface area contributed by atoms with Crippen LogP contribution in [0.1, 0.15) is 18.6 Å². The summed E-state index contributed by atoms with van der Waals surface area (Å²) in [6.45, 7) is 2.63. The molecule has 0 spiro atoms. The van der Waals surface area contributed by atoms with Crippen LogP contribution in [0.3, 0.4) is 0 Å². The van der Waals surface area contributed by atoms with Crippen LogP contribution in [0.15, 0.2) is 28.7 Å². The Labute approximate surface area is 87.6 Å². The molecule has 2 aromatic rings. The Morgan fingerprint density at radius 3 is 2.93 bits per heavy atom. The maximum atomic E-state index is 5.88. The summed E-state index contributed by atoms with van der Waals surface area (Å²) in [5.41, 5.74) is 6.44. The Bertz CT molecular complexity index is 449. The average molecular weight is 210 g/mol. The van der Waals surface area contributed by atoms with E-state index < -0.39 is 0 Å². The van der Waals surface area contributed by atoms with E-state index in [1.807, 2.05) is 31.2 Å². The molecule has 0 bridgehead atoms. The molecule has 14 heavy (non-hydrogen) atoms. The van der Waals surface area contributed by atoms with Gasteiger partial charge in [0.15, 0.2) is 0 Å². The van der Waals surface area contributed by atoms with Gasteiger partial charge in [-0.3, -0.25) is 0 Å². The van der Waals surface area contributed by atoms with E-state index in [0.29, 0.717) is 6.54 Å². The molecule has 0 aliphatic rings. The van der Waals surface area contributed by atoms with Gasteiger partial charge in [-0.25, -0.2) is 0 Å². The summed E-state index contributed by atoms with van der Waals surface area (Å²) in [6.07, 6.45) is 0. The second-order valence-electron chi connectivity index (χ2n) is 3.47. The van der Waals surface area contributed by atoms with Crippen LogP contribution < -0.4 is 5.73 Å². The molecule has 0 fully saturated rings. The molecule has 0 amide bonds. The number of furan rings is 1. The van der Waals surface area contributed by atoms with Crippen LogP contribution in [0.5, 0.6) is 0 Å². The van der Waals surface area contributed by atoms with Gasteiger partial charge in [-0.15, -0.1) is 0 Å². The van der Waals surface area contributed by atoms with Crippen molar-refractivity contribution in [1.82, 2.24) is 0 Å². The lowest BCUT2D eigenvalue weighted by Crippen LogP contribution is -2.07. The largest absolute Gasteiger partial charge is 0.461 e. The summed E-state index contributed by atoms with van der Waals surface area (Å²) < 4.78 is 5.64. The molecule has 2 nitrogen and oxygen atoms in total. The van der Waals surface area contributed by atoms with Crippen molar-refractivity contribution in [3.05, 3.63) is 35.0 Å². The molecule has 0 saturated heterocycles. The molecule has 0 saturated carbocycles. The van der Waals surface area contributed by atoms with Crippen molar-refractivity contribution < 1.29 is 4.42 Å². The van der Waals surface area contributed by atoms with Gasteiger partial charge in [0.2, 0.25) is 0 Å². The molecule has 74 valence electrons. The minimum Gasteiger partial charge on any atom is -0.461 e. The lowest BCUT2D eigenvalue weighted by atomic mass is 10.1. The fraction of sp³-hybridized carbons (Fsp3) is 0.273. The maximum absolute atomic E-state index is 5.88. The van der Waals surface area contributed by atoms with Gasteiger partial charge in [0.05, 0.1) is 0 Å². The van der Waals surface area contributed by atoms with Gasteiger partial charge in [-0.05, 0) is 24.3 Å². The van der Waals surface area contributed by atoms with Gasteiger partial charge >= 0.3 is 0 Å². The van der Waals surface area contributed by atoms with Gasteiger partial charge in [0, 0.05) is 22.9 Å². The predicted octanol–water partition coefficient (Wildman–Crippen LogP) is 3.15. The fourth-order valence-corrected chi connectivity index (χ4v) is 1.57. The number of halogens is 1. The van der Waals surface area contributed by atoms with Crippen molar-refractivity contribution in [2.45, 2.75) is 12.8 Å². The van der Waals surface area contributed by atoms with Crippen LogP contribution in [-0.2, 0) is 0 Å². The zero-order chi connectivity index (χ0) is 10.1. The molecule has 1 heterocycles. The number of fused-ring (bicyclic) bond motifs is 1. The standard InChI is InChI=1S/C11H12ClNO/c1-7(6-13)11-5-8-4-9(12)2-3-10(8)14-11/h2-5,7H,6,13H2,1H3. The highest BCUT2D eigenvalue weighted by molar-refractivity contribution is 6.31. The minimum atomic E-state index is 0.251. The Morgan fingerprint density at radius 1 is 1.43 bits per heavy atom. The number of benzene rings is 1. The van der Waals surface area contributed by atoms with Crippen LogP contribution in [0, 0.1) is 0 Å². The van der Waals surface area contributed by atoms with Crippen LogP contribution in [0.4, 0.5) is 0 Å². The van der Waals surface area contributed by atoms with Gasteiger partial charge in [-0.2, -0.15) is 0 Å². The lowest BCUT2D eigenvalue weighted by molar-refractivity contribution is 0.509. The normalized spacial score (nSPS) is 13.4. The van der Waals surface area contributed by atoms with Crippen LogP contribution in [0.2, 0.25) is 5.02 Å². The van der Waals surface area contributed by atoms with Gasteiger partial charge < -0.3 is 10.2 Å². The summed E-state index contributed by atoms with van der Waals surface area (Å²) in [7, 11) is 0. The second-order valence-corrected chi connectivity index (χ2v) is 3.90. The first-order chi connectivity index (χ1) is 6.70. The zero-order valence-electron chi connectivity index (χ0n) is 7.96. The van der Waals surface area contributed by atoms with Crippen molar-refractivity contribution in [3.8, 4) is 0 Å². The Kier molecular flexibility index (Phi) is 2.48. The Morgan fingerprint density at radius 2 is 2.21 bits per heavy atom. The highest BCUT2D eigenvalue weighted by atomic mass is 35.5. The van der Waals surface area contributed by atoms with E-state index in [1.54, 1.807) is 0 Å². The van der Waals surface area contributed by atoms with E-state index in [4.69, 9.17) is 21.8 Å². The first-order valence-corrected chi connectivity index (χ1v) is 4.97. The van der Waals surface area contributed by atoms with E-state index in [1.165, 1.54) is 0 Å². The third-order valence-corrected chi connectivity index (χ3v) is 2.57. The van der Waals surface area contributed by atoms with Crippen LogP contribution >= 0.6 is 11.6 Å². The highest BCUT2D eigenvalue weighted by Gasteiger charge is 2.09. The Balaban J connectivity index is 2.51. The number of hydrogen-bond donors (Lipinski definition) is 1. The van der Waals surface area contributed by atoms with Gasteiger partial charge in [0.25, 0.3) is 0 Å². The minimum absolute atomic E-state index is 0.251. The summed E-state index contributed by atoms with van der Waals surface area (Å²) in [5.74, 6) is 1.17. The first-order valence-electron chi connectivity index (χ1n) is 4.60. The van der Waals surface area contributed by atoms with Crippen molar-refractivity contribution in [3.63, 3.8) is 0 Å². The summed E-state index contributed by atoms with van der Waals surface area (Å²) in [5, 5.41) is 1.76. The summed E-state index contributed by atoms with van der Waals surface area (Å²) >= 11 is 5.88.